The second kappa shape index (κ2) is 14.5. The predicted octanol–water partition coefficient (Wildman–Crippen LogP) is 5.70. The van der Waals surface area contributed by atoms with Crippen molar-refractivity contribution in [2.45, 2.75) is 57.1 Å². The summed E-state index contributed by atoms with van der Waals surface area (Å²) in [5.41, 5.74) is 3.48. The van der Waals surface area contributed by atoms with Crippen molar-refractivity contribution in [3.63, 3.8) is 0 Å². The van der Waals surface area contributed by atoms with Gasteiger partial charge in [0.25, 0.3) is 0 Å². The van der Waals surface area contributed by atoms with Gasteiger partial charge >= 0.3 is 6.09 Å². The van der Waals surface area contributed by atoms with Crippen LogP contribution in [0, 0.1) is 0 Å². The Morgan fingerprint density at radius 1 is 0.667 bits per heavy atom. The van der Waals surface area contributed by atoms with E-state index in [1.54, 1.807) is 0 Å². The Balaban J connectivity index is 1.45. The van der Waals surface area contributed by atoms with Crippen molar-refractivity contribution in [2.75, 3.05) is 0 Å². The zero-order chi connectivity index (χ0) is 29.1. The molecule has 0 unspecified atom stereocenters. The normalized spacial score (nSPS) is 20.2. The van der Waals surface area contributed by atoms with E-state index in [1.165, 1.54) is 4.90 Å². The van der Waals surface area contributed by atoms with E-state index >= 15 is 0 Å². The molecule has 216 valence electrons. The van der Waals surface area contributed by atoms with Crippen molar-refractivity contribution < 1.29 is 28.9 Å². The summed E-state index contributed by atoms with van der Waals surface area (Å²) in [7, 11) is 0. The average molecular weight is 566 g/mol. The second-order valence-corrected chi connectivity index (χ2v) is 10.4. The zero-order valence-corrected chi connectivity index (χ0v) is 23.3. The fourth-order valence-corrected chi connectivity index (χ4v) is 5.18. The van der Waals surface area contributed by atoms with Crippen LogP contribution in [0.2, 0.25) is 0 Å². The highest BCUT2D eigenvalue weighted by atomic mass is 16.6. The van der Waals surface area contributed by atoms with E-state index in [2.05, 4.69) is 0 Å². The molecule has 0 aliphatic heterocycles. The van der Waals surface area contributed by atoms with Gasteiger partial charge in [0, 0.05) is 13.0 Å². The van der Waals surface area contributed by atoms with E-state index in [-0.39, 0.29) is 38.6 Å². The number of ketones is 1. The Labute approximate surface area is 246 Å². The van der Waals surface area contributed by atoms with E-state index in [0.717, 1.165) is 22.3 Å². The molecular formula is C35H35NO6. The highest BCUT2D eigenvalue weighted by Crippen LogP contribution is 2.30. The Kier molecular flexibility index (Phi) is 10.1. The van der Waals surface area contributed by atoms with Gasteiger partial charge in [0.1, 0.15) is 18.8 Å². The molecule has 5 rings (SSSR count). The summed E-state index contributed by atoms with van der Waals surface area (Å²) >= 11 is 0. The molecule has 0 saturated heterocycles. The number of Topliss-reactive ketones (excluding diaryl/α,β-unsaturated/α-hetero) is 1. The molecule has 0 aromatic heterocycles. The van der Waals surface area contributed by atoms with Crippen LogP contribution in [0.25, 0.3) is 0 Å². The van der Waals surface area contributed by atoms with Gasteiger partial charge in [0.15, 0.2) is 5.78 Å². The van der Waals surface area contributed by atoms with Crippen molar-refractivity contribution >= 4 is 11.9 Å². The molecule has 7 heteroatoms. The molecule has 4 aromatic rings. The first-order valence-electron chi connectivity index (χ1n) is 14.1. The average Bonchev–Trinajstić information content (AvgIpc) is 3.03. The summed E-state index contributed by atoms with van der Waals surface area (Å²) < 4.78 is 18.4. The summed E-state index contributed by atoms with van der Waals surface area (Å²) in [4.78, 5) is 28.6. The van der Waals surface area contributed by atoms with Crippen LogP contribution in [0.15, 0.2) is 121 Å². The number of carbonyl (C=O) groups is 2. The van der Waals surface area contributed by atoms with Crippen molar-refractivity contribution in [3.8, 4) is 0 Å². The Bertz CT molecular complexity index is 1400. The molecule has 1 saturated carbocycles. The van der Waals surface area contributed by atoms with Gasteiger partial charge in [-0.3, -0.25) is 9.69 Å². The van der Waals surface area contributed by atoms with Crippen molar-refractivity contribution in [3.05, 3.63) is 144 Å². The number of benzene rings is 4. The molecule has 0 radical (unpaired) electrons. The van der Waals surface area contributed by atoms with E-state index in [0.29, 0.717) is 0 Å². The van der Waals surface area contributed by atoms with Gasteiger partial charge in [-0.2, -0.15) is 0 Å². The van der Waals surface area contributed by atoms with Gasteiger partial charge in [-0.15, -0.1) is 0 Å². The zero-order valence-electron chi connectivity index (χ0n) is 23.3. The van der Waals surface area contributed by atoms with Crippen molar-refractivity contribution in [1.29, 1.82) is 0 Å². The Morgan fingerprint density at radius 3 is 1.64 bits per heavy atom. The fourth-order valence-electron chi connectivity index (χ4n) is 5.18. The van der Waals surface area contributed by atoms with Crippen molar-refractivity contribution in [1.82, 2.24) is 4.90 Å². The number of rotatable bonds is 11. The summed E-state index contributed by atoms with van der Waals surface area (Å²) in [5, 5.41) is 11.4. The number of aliphatic hydroxyl groups excluding tert-OH is 1. The molecule has 4 aromatic carbocycles. The van der Waals surface area contributed by atoms with Gasteiger partial charge in [-0.05, 0) is 22.3 Å². The highest BCUT2D eigenvalue weighted by Gasteiger charge is 2.49. The van der Waals surface area contributed by atoms with Gasteiger partial charge in [-0.25, -0.2) is 4.79 Å². The summed E-state index contributed by atoms with van der Waals surface area (Å²) in [6.07, 6.45) is -3.91. The standard InChI is InChI=1S/C35H35NO6/c37-30-21-31(38)33(40-23-27-15-7-2-8-16-27)34(41-24-28-17-9-3-10-18-28)32(30)36(22-26-13-5-1-6-14-26)35(39)42-25-29-19-11-4-12-20-29/h1-20,30,32-34,37H,21-25H2/t30-,32+,33-,34-/m1/s1. The number of carbonyl (C=O) groups excluding carboxylic acids is 2. The maximum atomic E-state index is 13.8. The molecule has 1 aliphatic carbocycles. The van der Waals surface area contributed by atoms with Crippen LogP contribution < -0.4 is 0 Å². The van der Waals surface area contributed by atoms with Crippen LogP contribution in [-0.4, -0.2) is 46.2 Å². The molecule has 0 spiro atoms. The van der Waals surface area contributed by atoms with Crippen molar-refractivity contribution in [2.24, 2.45) is 0 Å². The van der Waals surface area contributed by atoms with Gasteiger partial charge in [-0.1, -0.05) is 121 Å². The minimum absolute atomic E-state index is 0.0657. The monoisotopic (exact) mass is 565 g/mol. The van der Waals surface area contributed by atoms with E-state index in [4.69, 9.17) is 14.2 Å². The smallest absolute Gasteiger partial charge is 0.410 e. The lowest BCUT2D eigenvalue weighted by atomic mass is 9.85. The van der Waals surface area contributed by atoms with Gasteiger partial charge in [0.05, 0.1) is 25.4 Å². The maximum absolute atomic E-state index is 13.8. The minimum Gasteiger partial charge on any atom is -0.445 e. The molecular weight excluding hydrogens is 530 g/mol. The lowest BCUT2D eigenvalue weighted by molar-refractivity contribution is -0.175. The third kappa shape index (κ3) is 7.70. The van der Waals surface area contributed by atoms with E-state index in [1.807, 2.05) is 121 Å². The van der Waals surface area contributed by atoms with Crippen LogP contribution in [0.5, 0.6) is 0 Å². The molecule has 42 heavy (non-hydrogen) atoms. The largest absolute Gasteiger partial charge is 0.445 e. The number of hydrogen-bond donors (Lipinski definition) is 1. The third-order valence-electron chi connectivity index (χ3n) is 7.31. The van der Waals surface area contributed by atoms with Crippen LogP contribution in [0.3, 0.4) is 0 Å². The number of nitrogens with zero attached hydrogens (tertiary/aromatic N) is 1. The first kappa shape index (κ1) is 29.2. The predicted molar refractivity (Wildman–Crippen MR) is 158 cm³/mol. The molecule has 1 N–H and O–H groups in total. The lowest BCUT2D eigenvalue weighted by Gasteiger charge is -2.44. The first-order chi connectivity index (χ1) is 20.6. The molecule has 0 bridgehead atoms. The van der Waals surface area contributed by atoms with Crippen LogP contribution in [0.1, 0.15) is 28.7 Å². The quantitative estimate of drug-likeness (QED) is 0.251. The minimum atomic E-state index is -1.18. The SMILES string of the molecule is O=C1C[C@@H](O)[C@H](N(Cc2ccccc2)C(=O)OCc2ccccc2)[C@@H](OCc2ccccc2)[C@@H]1OCc1ccccc1. The number of amides is 1. The van der Waals surface area contributed by atoms with Gasteiger partial charge < -0.3 is 19.3 Å². The third-order valence-corrected chi connectivity index (χ3v) is 7.31. The molecule has 1 fully saturated rings. The van der Waals surface area contributed by atoms with Crippen LogP contribution in [0.4, 0.5) is 4.79 Å². The second-order valence-electron chi connectivity index (χ2n) is 10.4. The molecule has 0 heterocycles. The van der Waals surface area contributed by atoms with E-state index < -0.39 is 30.4 Å². The summed E-state index contributed by atoms with van der Waals surface area (Å²) in [5.74, 6) is -0.273. The molecule has 1 aliphatic rings. The van der Waals surface area contributed by atoms with Gasteiger partial charge in [0.2, 0.25) is 0 Å². The molecule has 4 atom stereocenters. The first-order valence-corrected chi connectivity index (χ1v) is 14.1. The molecule has 7 nitrogen and oxygen atoms in total. The Hall–Kier alpha value is -4.30. The van der Waals surface area contributed by atoms with Crippen LogP contribution >= 0.6 is 0 Å². The summed E-state index contributed by atoms with van der Waals surface area (Å²) in [6, 6.07) is 37.1. The molecule has 1 amide bonds. The maximum Gasteiger partial charge on any atom is 0.410 e. The summed E-state index contributed by atoms with van der Waals surface area (Å²) in [6.45, 7) is 0.574. The van der Waals surface area contributed by atoms with E-state index in [9.17, 15) is 14.7 Å². The van der Waals surface area contributed by atoms with Crippen LogP contribution in [-0.2, 0) is 45.4 Å². The topological polar surface area (TPSA) is 85.3 Å². The number of ether oxygens (including phenoxy) is 3. The number of hydrogen-bond acceptors (Lipinski definition) is 6. The highest BCUT2D eigenvalue weighted by molar-refractivity contribution is 5.86. The fraction of sp³-hybridized carbons (Fsp3) is 0.257. The Morgan fingerprint density at radius 2 is 1.12 bits per heavy atom. The number of aliphatic hydroxyl groups is 1. The lowest BCUT2D eigenvalue weighted by Crippen LogP contribution is -2.63.